The van der Waals surface area contributed by atoms with Crippen molar-refractivity contribution in [1.29, 1.82) is 0 Å². The Morgan fingerprint density at radius 2 is 2.32 bits per heavy atom. The molecule has 0 aliphatic heterocycles. The normalized spacial score (nSPS) is 11.1. The van der Waals surface area contributed by atoms with E-state index in [-0.39, 0.29) is 10.7 Å². The molecule has 0 aliphatic rings. The molecule has 2 aromatic rings. The van der Waals surface area contributed by atoms with Crippen LogP contribution in [-0.4, -0.2) is 31.3 Å². The van der Waals surface area contributed by atoms with Crippen LogP contribution in [0.4, 0.5) is 4.39 Å². The van der Waals surface area contributed by atoms with E-state index in [9.17, 15) is 14.3 Å². The molecule has 1 aromatic carbocycles. The topological polar surface area (TPSA) is 58.6 Å². The Bertz CT molecular complexity index is 597. The molecular formula is C13H14FNO3S. The zero-order valence-electron chi connectivity index (χ0n) is 10.4. The van der Waals surface area contributed by atoms with Crippen LogP contribution in [0.3, 0.4) is 0 Å². The monoisotopic (exact) mass is 283 g/mol. The van der Waals surface area contributed by atoms with Crippen molar-refractivity contribution in [2.24, 2.45) is 0 Å². The van der Waals surface area contributed by atoms with Gasteiger partial charge in [0, 0.05) is 35.8 Å². The van der Waals surface area contributed by atoms with Crippen LogP contribution in [0.1, 0.15) is 15.2 Å². The standard InChI is InChI=1S/C13H14FNO3S/c1-18-6-5-15-7-8-11-9(14)3-2-4-10(11)19-12(8)13(16)17/h2-4,15H,5-7H2,1H3,(H,16,17). The molecule has 0 fully saturated rings. The second-order valence-corrected chi connectivity index (χ2v) is 5.05. The van der Waals surface area contributed by atoms with Gasteiger partial charge in [0.05, 0.1) is 6.61 Å². The first-order chi connectivity index (χ1) is 9.15. The van der Waals surface area contributed by atoms with Crippen LogP contribution in [0.15, 0.2) is 18.2 Å². The number of carboxylic acids is 1. The summed E-state index contributed by atoms with van der Waals surface area (Å²) in [4.78, 5) is 11.4. The highest BCUT2D eigenvalue weighted by Gasteiger charge is 2.19. The predicted octanol–water partition coefficient (Wildman–Crippen LogP) is 2.47. The Balaban J connectivity index is 2.37. The fourth-order valence-electron chi connectivity index (χ4n) is 1.90. The minimum Gasteiger partial charge on any atom is -0.477 e. The van der Waals surface area contributed by atoms with Crippen molar-refractivity contribution in [3.8, 4) is 0 Å². The summed E-state index contributed by atoms with van der Waals surface area (Å²) in [5.74, 6) is -1.41. The Kier molecular flexibility index (Phi) is 4.47. The van der Waals surface area contributed by atoms with E-state index in [1.54, 1.807) is 19.2 Å². The maximum atomic E-state index is 13.9. The van der Waals surface area contributed by atoms with Gasteiger partial charge in [-0.1, -0.05) is 6.07 Å². The minimum atomic E-state index is -1.02. The van der Waals surface area contributed by atoms with Crippen molar-refractivity contribution < 1.29 is 19.0 Å². The third-order valence-electron chi connectivity index (χ3n) is 2.74. The van der Waals surface area contributed by atoms with Gasteiger partial charge in [-0.2, -0.15) is 0 Å². The van der Waals surface area contributed by atoms with Gasteiger partial charge in [-0.05, 0) is 12.1 Å². The zero-order chi connectivity index (χ0) is 13.8. The maximum absolute atomic E-state index is 13.9. The van der Waals surface area contributed by atoms with Gasteiger partial charge in [0.1, 0.15) is 10.7 Å². The molecule has 0 amide bonds. The molecule has 0 spiro atoms. The maximum Gasteiger partial charge on any atom is 0.346 e. The van der Waals surface area contributed by atoms with Crippen LogP contribution < -0.4 is 5.32 Å². The van der Waals surface area contributed by atoms with Crippen LogP contribution in [0.25, 0.3) is 10.1 Å². The summed E-state index contributed by atoms with van der Waals surface area (Å²) in [7, 11) is 1.59. The Labute approximate surface area is 113 Å². The number of hydrogen-bond donors (Lipinski definition) is 2. The van der Waals surface area contributed by atoms with Gasteiger partial charge in [-0.3, -0.25) is 0 Å². The second kappa shape index (κ2) is 6.10. The molecule has 1 heterocycles. The number of ether oxygens (including phenoxy) is 1. The first-order valence-electron chi connectivity index (χ1n) is 5.78. The lowest BCUT2D eigenvalue weighted by Gasteiger charge is -2.05. The van der Waals surface area contributed by atoms with E-state index in [1.807, 2.05) is 0 Å². The smallest absolute Gasteiger partial charge is 0.346 e. The summed E-state index contributed by atoms with van der Waals surface area (Å²) in [5, 5.41) is 12.6. The highest BCUT2D eigenvalue weighted by atomic mass is 32.1. The number of rotatable bonds is 6. The van der Waals surface area contributed by atoms with Crippen LogP contribution in [0.2, 0.25) is 0 Å². The van der Waals surface area contributed by atoms with Crippen molar-refractivity contribution >= 4 is 27.4 Å². The summed E-state index contributed by atoms with van der Waals surface area (Å²) >= 11 is 1.10. The highest BCUT2D eigenvalue weighted by Crippen LogP contribution is 2.33. The van der Waals surface area contributed by atoms with Gasteiger partial charge >= 0.3 is 5.97 Å². The molecular weight excluding hydrogens is 269 g/mol. The Hall–Kier alpha value is -1.50. The van der Waals surface area contributed by atoms with E-state index < -0.39 is 5.97 Å². The van der Waals surface area contributed by atoms with Crippen molar-refractivity contribution in [1.82, 2.24) is 5.32 Å². The predicted molar refractivity (Wildman–Crippen MR) is 72.3 cm³/mol. The lowest BCUT2D eigenvalue weighted by molar-refractivity contribution is 0.0701. The molecule has 0 unspecified atom stereocenters. The molecule has 0 radical (unpaired) electrons. The summed E-state index contributed by atoms with van der Waals surface area (Å²) in [6, 6.07) is 4.66. The second-order valence-electron chi connectivity index (χ2n) is 4.00. The minimum absolute atomic E-state index is 0.185. The molecule has 0 atom stereocenters. The van der Waals surface area contributed by atoms with Crippen LogP contribution in [0, 0.1) is 5.82 Å². The van der Waals surface area contributed by atoms with Crippen molar-refractivity contribution in [2.45, 2.75) is 6.54 Å². The van der Waals surface area contributed by atoms with Gasteiger partial charge in [0.2, 0.25) is 0 Å². The van der Waals surface area contributed by atoms with Crippen LogP contribution in [0.5, 0.6) is 0 Å². The number of halogens is 1. The molecule has 6 heteroatoms. The number of carbonyl (C=O) groups is 1. The molecule has 4 nitrogen and oxygen atoms in total. The van der Waals surface area contributed by atoms with Crippen LogP contribution >= 0.6 is 11.3 Å². The lowest BCUT2D eigenvalue weighted by atomic mass is 10.1. The van der Waals surface area contributed by atoms with Gasteiger partial charge < -0.3 is 15.2 Å². The number of thiophene rings is 1. The van der Waals surface area contributed by atoms with Gasteiger partial charge in [0.25, 0.3) is 0 Å². The molecule has 2 rings (SSSR count). The molecule has 0 bridgehead atoms. The van der Waals surface area contributed by atoms with Crippen molar-refractivity contribution in [3.05, 3.63) is 34.5 Å². The number of benzene rings is 1. The molecule has 19 heavy (non-hydrogen) atoms. The van der Waals surface area contributed by atoms with E-state index in [0.717, 1.165) is 11.3 Å². The first kappa shape index (κ1) is 13.9. The first-order valence-corrected chi connectivity index (χ1v) is 6.59. The van der Waals surface area contributed by atoms with Crippen molar-refractivity contribution in [2.75, 3.05) is 20.3 Å². The number of carboxylic acid groups (broad SMARTS) is 1. The van der Waals surface area contributed by atoms with Gasteiger partial charge in [-0.15, -0.1) is 11.3 Å². The van der Waals surface area contributed by atoms with Gasteiger partial charge in [0.15, 0.2) is 0 Å². The number of methoxy groups -OCH3 is 1. The highest BCUT2D eigenvalue weighted by molar-refractivity contribution is 7.21. The molecule has 0 aliphatic carbocycles. The summed E-state index contributed by atoms with van der Waals surface area (Å²) in [6.45, 7) is 1.42. The number of hydrogen-bond acceptors (Lipinski definition) is 4. The fraction of sp³-hybridized carbons (Fsp3) is 0.308. The average molecular weight is 283 g/mol. The number of aromatic carboxylic acids is 1. The largest absolute Gasteiger partial charge is 0.477 e. The van der Waals surface area contributed by atoms with E-state index in [4.69, 9.17) is 4.74 Å². The fourth-order valence-corrected chi connectivity index (χ4v) is 2.97. The third-order valence-corrected chi connectivity index (χ3v) is 3.93. The Morgan fingerprint density at radius 1 is 1.53 bits per heavy atom. The van der Waals surface area contributed by atoms with E-state index >= 15 is 0 Å². The average Bonchev–Trinajstić information content (AvgIpc) is 2.75. The van der Waals surface area contributed by atoms with Crippen molar-refractivity contribution in [3.63, 3.8) is 0 Å². The summed E-state index contributed by atoms with van der Waals surface area (Å²) < 4.78 is 19.4. The van der Waals surface area contributed by atoms with E-state index in [1.165, 1.54) is 6.07 Å². The molecule has 2 N–H and O–H groups in total. The Morgan fingerprint density at radius 3 is 3.00 bits per heavy atom. The zero-order valence-corrected chi connectivity index (χ0v) is 11.2. The third kappa shape index (κ3) is 2.91. The SMILES string of the molecule is COCCNCc1c(C(=O)O)sc2cccc(F)c12. The summed E-state index contributed by atoms with van der Waals surface area (Å²) in [5.41, 5.74) is 0.502. The van der Waals surface area contributed by atoms with Gasteiger partial charge in [-0.25, -0.2) is 9.18 Å². The van der Waals surface area contributed by atoms with Crippen LogP contribution in [-0.2, 0) is 11.3 Å². The summed E-state index contributed by atoms with van der Waals surface area (Å²) in [6.07, 6.45) is 0. The number of fused-ring (bicyclic) bond motifs is 1. The lowest BCUT2D eigenvalue weighted by Crippen LogP contribution is -2.19. The molecule has 1 aromatic heterocycles. The molecule has 0 saturated carbocycles. The molecule has 102 valence electrons. The molecule has 0 saturated heterocycles. The van der Waals surface area contributed by atoms with E-state index in [0.29, 0.717) is 35.3 Å². The quantitative estimate of drug-likeness (QED) is 0.800. The number of nitrogens with one attached hydrogen (secondary N) is 1. The van der Waals surface area contributed by atoms with E-state index in [2.05, 4.69) is 5.32 Å².